The molecular weight excluding hydrogens is 201 g/mol. The number of carboxylic acids is 1. The Morgan fingerprint density at radius 1 is 1.57 bits per heavy atom. The van der Waals surface area contributed by atoms with Crippen LogP contribution in [0.1, 0.15) is 16.9 Å². The molecular formula is C7H7F3N2O2. The average Bonchev–Trinajstić information content (AvgIpc) is 2.46. The summed E-state index contributed by atoms with van der Waals surface area (Å²) >= 11 is 0. The summed E-state index contributed by atoms with van der Waals surface area (Å²) in [5.41, 5.74) is -0.241. The van der Waals surface area contributed by atoms with Gasteiger partial charge in [0.2, 0.25) is 0 Å². The largest absolute Gasteiger partial charge is 0.477 e. The highest BCUT2D eigenvalue weighted by atomic mass is 19.4. The third-order valence-corrected chi connectivity index (χ3v) is 1.54. The Morgan fingerprint density at radius 2 is 2.21 bits per heavy atom. The van der Waals surface area contributed by atoms with E-state index in [1.165, 1.54) is 0 Å². The first-order valence-corrected chi connectivity index (χ1v) is 3.72. The molecule has 1 heterocycles. The van der Waals surface area contributed by atoms with Gasteiger partial charge < -0.3 is 5.11 Å². The highest BCUT2D eigenvalue weighted by molar-refractivity contribution is 5.85. The normalized spacial score (nSPS) is 11.6. The number of carboxylic acid groups (broad SMARTS) is 1. The lowest BCUT2D eigenvalue weighted by molar-refractivity contribution is -0.137. The van der Waals surface area contributed by atoms with Crippen LogP contribution in [0.25, 0.3) is 0 Å². The number of nitrogens with zero attached hydrogens (tertiary/aromatic N) is 2. The second-order valence-electron chi connectivity index (χ2n) is 2.61. The highest BCUT2D eigenvalue weighted by Gasteiger charge is 2.27. The van der Waals surface area contributed by atoms with Crippen molar-refractivity contribution in [3.8, 4) is 0 Å². The lowest BCUT2D eigenvalue weighted by atomic mass is 10.4. The van der Waals surface area contributed by atoms with Crippen molar-refractivity contribution >= 4 is 5.97 Å². The fourth-order valence-corrected chi connectivity index (χ4v) is 0.925. The van der Waals surface area contributed by atoms with E-state index in [4.69, 9.17) is 5.11 Å². The van der Waals surface area contributed by atoms with Crippen molar-refractivity contribution in [3.63, 3.8) is 0 Å². The summed E-state index contributed by atoms with van der Waals surface area (Å²) in [4.78, 5) is 10.5. The minimum absolute atomic E-state index is 0.241. The zero-order chi connectivity index (χ0) is 10.8. The van der Waals surface area contributed by atoms with Gasteiger partial charge in [0.15, 0.2) is 0 Å². The van der Waals surface area contributed by atoms with Gasteiger partial charge in [-0.15, -0.1) is 0 Å². The van der Waals surface area contributed by atoms with Crippen LogP contribution in [0.4, 0.5) is 13.2 Å². The standard InChI is InChI=1S/C7H7F3N2O2/c8-7(9,10)2-4-12-5(6(13)14)1-3-11-12/h1,3H,2,4H2,(H,13,14). The van der Waals surface area contributed by atoms with E-state index in [9.17, 15) is 18.0 Å². The molecule has 1 N–H and O–H groups in total. The van der Waals surface area contributed by atoms with Crippen molar-refractivity contribution in [2.24, 2.45) is 0 Å². The summed E-state index contributed by atoms with van der Waals surface area (Å²) < 4.78 is 36.2. The fraction of sp³-hybridized carbons (Fsp3) is 0.429. The molecule has 0 unspecified atom stereocenters. The zero-order valence-corrected chi connectivity index (χ0v) is 6.95. The third kappa shape index (κ3) is 2.75. The van der Waals surface area contributed by atoms with E-state index in [-0.39, 0.29) is 5.69 Å². The minimum atomic E-state index is -4.30. The minimum Gasteiger partial charge on any atom is -0.477 e. The molecule has 0 fully saturated rings. The molecule has 1 rings (SSSR count). The summed E-state index contributed by atoms with van der Waals surface area (Å²) in [5.74, 6) is -1.29. The Bertz CT molecular complexity index is 332. The van der Waals surface area contributed by atoms with Crippen molar-refractivity contribution in [1.82, 2.24) is 9.78 Å². The number of aryl methyl sites for hydroxylation is 1. The van der Waals surface area contributed by atoms with E-state index in [2.05, 4.69) is 5.10 Å². The predicted molar refractivity (Wildman–Crippen MR) is 39.9 cm³/mol. The van der Waals surface area contributed by atoms with Crippen LogP contribution < -0.4 is 0 Å². The fourth-order valence-electron chi connectivity index (χ4n) is 0.925. The van der Waals surface area contributed by atoms with Crippen LogP contribution in [-0.4, -0.2) is 27.0 Å². The van der Waals surface area contributed by atoms with Gasteiger partial charge in [-0.2, -0.15) is 18.3 Å². The summed E-state index contributed by atoms with van der Waals surface area (Å²) in [5, 5.41) is 12.0. The molecule has 0 radical (unpaired) electrons. The lowest BCUT2D eigenvalue weighted by Gasteiger charge is -2.07. The number of aromatic nitrogens is 2. The first-order chi connectivity index (χ1) is 6.40. The second kappa shape index (κ2) is 3.69. The molecule has 0 saturated heterocycles. The molecule has 1 aromatic rings. The molecule has 7 heteroatoms. The summed E-state index contributed by atoms with van der Waals surface area (Å²) in [7, 11) is 0. The molecule has 0 atom stereocenters. The third-order valence-electron chi connectivity index (χ3n) is 1.54. The molecule has 0 amide bonds. The molecule has 4 nitrogen and oxygen atoms in total. The Labute approximate surface area is 77.0 Å². The van der Waals surface area contributed by atoms with Gasteiger partial charge in [-0.3, -0.25) is 4.68 Å². The second-order valence-corrected chi connectivity index (χ2v) is 2.61. The van der Waals surface area contributed by atoms with Gasteiger partial charge in [0.1, 0.15) is 5.69 Å². The maximum atomic E-state index is 11.8. The first kappa shape index (κ1) is 10.6. The lowest BCUT2D eigenvalue weighted by Crippen LogP contribution is -2.16. The van der Waals surface area contributed by atoms with E-state index in [0.29, 0.717) is 0 Å². The van der Waals surface area contributed by atoms with E-state index in [1.54, 1.807) is 0 Å². The topological polar surface area (TPSA) is 55.1 Å². The van der Waals surface area contributed by atoms with Crippen molar-refractivity contribution < 1.29 is 23.1 Å². The molecule has 0 aromatic carbocycles. The average molecular weight is 208 g/mol. The number of hydrogen-bond donors (Lipinski definition) is 1. The van der Waals surface area contributed by atoms with Gasteiger partial charge in [0, 0.05) is 6.20 Å². The zero-order valence-electron chi connectivity index (χ0n) is 6.95. The molecule has 0 spiro atoms. The number of carbonyl (C=O) groups is 1. The maximum absolute atomic E-state index is 11.8. The van der Waals surface area contributed by atoms with E-state index in [1.807, 2.05) is 0 Å². The van der Waals surface area contributed by atoms with Crippen LogP contribution in [0, 0.1) is 0 Å². The van der Waals surface area contributed by atoms with Gasteiger partial charge in [-0.05, 0) is 6.07 Å². The van der Waals surface area contributed by atoms with Crippen molar-refractivity contribution in [3.05, 3.63) is 18.0 Å². The van der Waals surface area contributed by atoms with Gasteiger partial charge in [-0.1, -0.05) is 0 Å². The molecule has 0 aliphatic rings. The Morgan fingerprint density at radius 3 is 2.71 bits per heavy atom. The Balaban J connectivity index is 2.68. The Hall–Kier alpha value is -1.53. The maximum Gasteiger partial charge on any atom is 0.390 e. The molecule has 0 saturated carbocycles. The monoisotopic (exact) mass is 208 g/mol. The number of rotatable bonds is 3. The summed E-state index contributed by atoms with van der Waals surface area (Å²) in [6, 6.07) is 1.15. The van der Waals surface area contributed by atoms with Crippen LogP contribution in [0.3, 0.4) is 0 Å². The number of alkyl halides is 3. The first-order valence-electron chi connectivity index (χ1n) is 3.72. The van der Waals surface area contributed by atoms with Gasteiger partial charge in [0.25, 0.3) is 0 Å². The van der Waals surface area contributed by atoms with Crippen LogP contribution in [0.5, 0.6) is 0 Å². The smallest absolute Gasteiger partial charge is 0.390 e. The number of halogens is 3. The van der Waals surface area contributed by atoms with Gasteiger partial charge >= 0.3 is 12.1 Å². The quantitative estimate of drug-likeness (QED) is 0.819. The Kier molecular flexibility index (Phi) is 2.78. The predicted octanol–water partition coefficient (Wildman–Crippen LogP) is 1.53. The van der Waals surface area contributed by atoms with Crippen LogP contribution in [0.15, 0.2) is 12.3 Å². The van der Waals surface area contributed by atoms with Crippen LogP contribution in [-0.2, 0) is 6.54 Å². The van der Waals surface area contributed by atoms with Gasteiger partial charge in [-0.25, -0.2) is 4.79 Å². The molecule has 0 aliphatic heterocycles. The number of hydrogen-bond acceptors (Lipinski definition) is 2. The van der Waals surface area contributed by atoms with E-state index < -0.39 is 25.1 Å². The summed E-state index contributed by atoms with van der Waals surface area (Å²) in [6.45, 7) is -0.474. The van der Waals surface area contributed by atoms with Crippen molar-refractivity contribution in [2.75, 3.05) is 0 Å². The molecule has 78 valence electrons. The van der Waals surface area contributed by atoms with E-state index >= 15 is 0 Å². The van der Waals surface area contributed by atoms with Crippen molar-refractivity contribution in [1.29, 1.82) is 0 Å². The van der Waals surface area contributed by atoms with Crippen LogP contribution >= 0.6 is 0 Å². The van der Waals surface area contributed by atoms with Gasteiger partial charge in [0.05, 0.1) is 13.0 Å². The number of aromatic carboxylic acids is 1. The molecule has 0 aliphatic carbocycles. The van der Waals surface area contributed by atoms with E-state index in [0.717, 1.165) is 16.9 Å². The molecule has 14 heavy (non-hydrogen) atoms. The van der Waals surface area contributed by atoms with Crippen LogP contribution in [0.2, 0.25) is 0 Å². The molecule has 1 aromatic heterocycles. The highest BCUT2D eigenvalue weighted by Crippen LogP contribution is 2.20. The molecule has 0 bridgehead atoms. The SMILES string of the molecule is O=C(O)c1ccnn1CCC(F)(F)F. The summed E-state index contributed by atoms with van der Waals surface area (Å²) in [6.07, 6.45) is -4.24. The van der Waals surface area contributed by atoms with Crippen molar-refractivity contribution in [2.45, 2.75) is 19.1 Å².